The minimum atomic E-state index is -0.259. The monoisotopic (exact) mass is 430 g/mol. The number of hydrogen-bond donors (Lipinski definition) is 1. The third-order valence-electron chi connectivity index (χ3n) is 5.37. The van der Waals surface area contributed by atoms with Crippen molar-refractivity contribution >= 4 is 6.41 Å². The highest BCUT2D eigenvalue weighted by atomic mass is 19.1. The van der Waals surface area contributed by atoms with Crippen LogP contribution in [0.25, 0.3) is 0 Å². The number of carbonyl (C=O) groups excluding carboxylic acids is 1. The first-order valence-corrected chi connectivity index (χ1v) is 11.0. The van der Waals surface area contributed by atoms with E-state index in [1.165, 1.54) is 37.0 Å². The van der Waals surface area contributed by atoms with Gasteiger partial charge in [-0.05, 0) is 61.4 Å². The SMILES string of the molecule is CC1CCCCO1.COCCN.O=CN1CCc2ccccc2[C@@H]1c1ccc(F)cc1. The van der Waals surface area contributed by atoms with Gasteiger partial charge in [0.05, 0.1) is 18.8 Å². The van der Waals surface area contributed by atoms with Crippen molar-refractivity contribution in [1.82, 2.24) is 4.90 Å². The van der Waals surface area contributed by atoms with Crippen molar-refractivity contribution in [2.75, 3.05) is 33.4 Å². The van der Waals surface area contributed by atoms with E-state index in [0.29, 0.717) is 25.8 Å². The second-order valence-electron chi connectivity index (χ2n) is 7.70. The minimum absolute atomic E-state index is 0.108. The highest BCUT2D eigenvalue weighted by molar-refractivity contribution is 5.54. The molecule has 2 aromatic carbocycles. The fourth-order valence-corrected chi connectivity index (χ4v) is 3.74. The molecule has 1 unspecified atom stereocenters. The highest BCUT2D eigenvalue weighted by Crippen LogP contribution is 2.34. The summed E-state index contributed by atoms with van der Waals surface area (Å²) in [5.41, 5.74) is 8.35. The lowest BCUT2D eigenvalue weighted by atomic mass is 9.88. The normalized spacial score (nSPS) is 19.8. The van der Waals surface area contributed by atoms with Crippen molar-refractivity contribution in [2.45, 2.75) is 44.8 Å². The maximum atomic E-state index is 13.0. The molecule has 2 atom stereocenters. The van der Waals surface area contributed by atoms with Crippen LogP contribution < -0.4 is 5.73 Å². The predicted octanol–water partition coefficient (Wildman–Crippen LogP) is 4.10. The van der Waals surface area contributed by atoms with E-state index in [1.807, 2.05) is 18.2 Å². The molecule has 0 aliphatic carbocycles. The molecular weight excluding hydrogens is 395 g/mol. The van der Waals surface area contributed by atoms with Crippen LogP contribution in [0, 0.1) is 5.82 Å². The van der Waals surface area contributed by atoms with Crippen molar-refractivity contribution < 1.29 is 18.7 Å². The van der Waals surface area contributed by atoms with E-state index < -0.39 is 0 Å². The molecule has 6 heteroatoms. The molecule has 5 nitrogen and oxygen atoms in total. The van der Waals surface area contributed by atoms with Gasteiger partial charge in [-0.2, -0.15) is 0 Å². The fraction of sp³-hybridized carbons (Fsp3) is 0.480. The second-order valence-corrected chi connectivity index (χ2v) is 7.70. The zero-order chi connectivity index (χ0) is 22.5. The van der Waals surface area contributed by atoms with Crippen molar-refractivity contribution in [3.8, 4) is 0 Å². The van der Waals surface area contributed by atoms with Gasteiger partial charge in [-0.3, -0.25) is 4.79 Å². The van der Waals surface area contributed by atoms with Gasteiger partial charge in [-0.1, -0.05) is 36.4 Å². The summed E-state index contributed by atoms with van der Waals surface area (Å²) in [5, 5.41) is 0. The molecule has 2 aliphatic heterocycles. The van der Waals surface area contributed by atoms with Crippen molar-refractivity contribution in [3.63, 3.8) is 0 Å². The molecule has 0 aromatic heterocycles. The second kappa shape index (κ2) is 13.9. The summed E-state index contributed by atoms with van der Waals surface area (Å²) in [4.78, 5) is 13.0. The van der Waals surface area contributed by atoms with Gasteiger partial charge >= 0.3 is 0 Å². The lowest BCUT2D eigenvalue weighted by Crippen LogP contribution is -2.34. The lowest BCUT2D eigenvalue weighted by Gasteiger charge is -2.35. The van der Waals surface area contributed by atoms with Gasteiger partial charge in [0, 0.05) is 26.8 Å². The number of halogens is 1. The van der Waals surface area contributed by atoms with E-state index in [9.17, 15) is 9.18 Å². The van der Waals surface area contributed by atoms with Crippen molar-refractivity contribution in [2.24, 2.45) is 5.73 Å². The minimum Gasteiger partial charge on any atom is -0.383 e. The average Bonchev–Trinajstić information content (AvgIpc) is 2.81. The Balaban J connectivity index is 0.000000234. The molecule has 0 spiro atoms. The molecule has 1 amide bonds. The Morgan fingerprint density at radius 2 is 1.94 bits per heavy atom. The van der Waals surface area contributed by atoms with Crippen LogP contribution >= 0.6 is 0 Å². The Bertz CT molecular complexity index is 762. The first-order valence-electron chi connectivity index (χ1n) is 11.0. The van der Waals surface area contributed by atoms with Crippen LogP contribution in [-0.4, -0.2) is 50.8 Å². The molecule has 4 rings (SSSR count). The van der Waals surface area contributed by atoms with Gasteiger partial charge in [-0.25, -0.2) is 4.39 Å². The third kappa shape index (κ3) is 8.05. The standard InChI is InChI=1S/C16H14FNO.C6H12O.C3H9NO/c17-14-7-5-13(6-8-14)16-15-4-2-1-3-12(15)9-10-18(16)11-19;1-6-4-2-3-5-7-6;1-5-3-2-4/h1-8,11,16H,9-10H2;6H,2-5H2,1H3;2-4H2,1H3/t16-;;/m0../s1. The number of amides is 1. The smallest absolute Gasteiger partial charge is 0.210 e. The zero-order valence-electron chi connectivity index (χ0n) is 18.6. The first kappa shape index (κ1) is 25.0. The highest BCUT2D eigenvalue weighted by Gasteiger charge is 2.27. The van der Waals surface area contributed by atoms with E-state index in [1.54, 1.807) is 24.1 Å². The number of benzene rings is 2. The lowest BCUT2D eigenvalue weighted by molar-refractivity contribution is -0.119. The number of hydrogen-bond acceptors (Lipinski definition) is 4. The quantitative estimate of drug-likeness (QED) is 0.742. The molecule has 1 fully saturated rings. The maximum Gasteiger partial charge on any atom is 0.210 e. The number of rotatable bonds is 4. The Kier molecular flexibility index (Phi) is 11.2. The fourth-order valence-electron chi connectivity index (χ4n) is 3.74. The van der Waals surface area contributed by atoms with E-state index in [4.69, 9.17) is 10.5 Å². The molecule has 2 N–H and O–H groups in total. The Morgan fingerprint density at radius 3 is 2.45 bits per heavy atom. The molecule has 0 radical (unpaired) electrons. The van der Waals surface area contributed by atoms with Gasteiger partial charge in [0.2, 0.25) is 6.41 Å². The summed E-state index contributed by atoms with van der Waals surface area (Å²) in [6.07, 6.45) is 6.18. The molecule has 1 saturated heterocycles. The van der Waals surface area contributed by atoms with Gasteiger partial charge in [0.1, 0.15) is 5.82 Å². The van der Waals surface area contributed by atoms with Crippen LogP contribution in [0.4, 0.5) is 4.39 Å². The van der Waals surface area contributed by atoms with Crippen molar-refractivity contribution in [1.29, 1.82) is 0 Å². The van der Waals surface area contributed by atoms with E-state index in [0.717, 1.165) is 30.6 Å². The van der Waals surface area contributed by atoms with Crippen LogP contribution in [0.3, 0.4) is 0 Å². The third-order valence-corrected chi connectivity index (χ3v) is 5.37. The molecule has 170 valence electrons. The van der Waals surface area contributed by atoms with Crippen LogP contribution in [0.1, 0.15) is 48.9 Å². The topological polar surface area (TPSA) is 64.8 Å². The van der Waals surface area contributed by atoms with Gasteiger partial charge in [0.15, 0.2) is 0 Å². The summed E-state index contributed by atoms with van der Waals surface area (Å²) < 4.78 is 22.9. The van der Waals surface area contributed by atoms with Crippen LogP contribution in [-0.2, 0) is 20.7 Å². The van der Waals surface area contributed by atoms with Crippen LogP contribution in [0.15, 0.2) is 48.5 Å². The number of ether oxygens (including phenoxy) is 2. The number of nitrogens with two attached hydrogens (primary N) is 1. The summed E-state index contributed by atoms with van der Waals surface area (Å²) in [7, 11) is 1.63. The maximum absolute atomic E-state index is 13.0. The molecule has 0 bridgehead atoms. The van der Waals surface area contributed by atoms with Gasteiger partial charge < -0.3 is 20.1 Å². The van der Waals surface area contributed by atoms with Crippen molar-refractivity contribution in [3.05, 3.63) is 71.0 Å². The summed E-state index contributed by atoms with van der Waals surface area (Å²) in [6.45, 7) is 5.11. The molecular formula is C25H35FN2O3. The number of fused-ring (bicyclic) bond motifs is 1. The Hall–Kier alpha value is -2.28. The summed E-state index contributed by atoms with van der Waals surface area (Å²) in [6, 6.07) is 14.4. The number of methoxy groups -OCH3 is 1. The summed E-state index contributed by atoms with van der Waals surface area (Å²) >= 11 is 0. The zero-order valence-corrected chi connectivity index (χ0v) is 18.6. The number of nitrogens with zero attached hydrogens (tertiary/aromatic N) is 1. The Labute approximate surface area is 185 Å². The van der Waals surface area contributed by atoms with E-state index >= 15 is 0 Å². The molecule has 2 heterocycles. The first-order chi connectivity index (χ1) is 15.1. The molecule has 2 aromatic rings. The van der Waals surface area contributed by atoms with E-state index in [-0.39, 0.29) is 11.9 Å². The van der Waals surface area contributed by atoms with Crippen LogP contribution in [0.2, 0.25) is 0 Å². The Morgan fingerprint density at radius 1 is 1.19 bits per heavy atom. The van der Waals surface area contributed by atoms with Crippen LogP contribution in [0.5, 0.6) is 0 Å². The summed E-state index contributed by atoms with van der Waals surface area (Å²) in [5.74, 6) is -0.259. The van der Waals surface area contributed by atoms with E-state index in [2.05, 4.69) is 17.7 Å². The number of carbonyl (C=O) groups is 1. The van der Waals surface area contributed by atoms with Gasteiger partial charge in [0.25, 0.3) is 0 Å². The van der Waals surface area contributed by atoms with Gasteiger partial charge in [-0.15, -0.1) is 0 Å². The molecule has 31 heavy (non-hydrogen) atoms. The average molecular weight is 431 g/mol. The largest absolute Gasteiger partial charge is 0.383 e. The predicted molar refractivity (Wildman–Crippen MR) is 121 cm³/mol. The molecule has 0 saturated carbocycles. The molecule has 2 aliphatic rings.